The van der Waals surface area contributed by atoms with Gasteiger partial charge in [0.25, 0.3) is 0 Å². The van der Waals surface area contributed by atoms with Crippen molar-refractivity contribution in [3.05, 3.63) is 103 Å². The molecule has 0 aliphatic carbocycles. The first kappa shape index (κ1) is 32.2. The van der Waals surface area contributed by atoms with Crippen molar-refractivity contribution >= 4 is 29.3 Å². The summed E-state index contributed by atoms with van der Waals surface area (Å²) in [6, 6.07) is 28.0. The van der Waals surface area contributed by atoms with Gasteiger partial charge in [-0.2, -0.15) is 0 Å². The first-order valence-corrected chi connectivity index (χ1v) is 16.7. The Bertz CT molecular complexity index is 1420. The molecule has 3 aromatic carbocycles. The van der Waals surface area contributed by atoms with Crippen LogP contribution < -0.4 is 18.7 Å². The lowest BCUT2D eigenvalue weighted by Gasteiger charge is -2.18. The molecule has 0 fully saturated rings. The van der Waals surface area contributed by atoms with Gasteiger partial charge < -0.3 is 27.8 Å². The highest BCUT2D eigenvalue weighted by atomic mass is 32.5. The Morgan fingerprint density at radius 3 is 2.05 bits per heavy atom. The van der Waals surface area contributed by atoms with Crippen molar-refractivity contribution in [1.29, 1.82) is 0 Å². The zero-order chi connectivity index (χ0) is 29.7. The van der Waals surface area contributed by atoms with Gasteiger partial charge in [0.15, 0.2) is 0 Å². The summed E-state index contributed by atoms with van der Waals surface area (Å²) in [6.45, 7) is 1.55. The summed E-state index contributed by atoms with van der Waals surface area (Å²) in [5, 5.41) is 0. The highest BCUT2D eigenvalue weighted by Gasteiger charge is 2.19. The molecule has 0 aliphatic heterocycles. The first-order chi connectivity index (χ1) is 19.7. The Labute approximate surface area is 249 Å². The molecule has 41 heavy (non-hydrogen) atoms. The molecule has 1 aromatic heterocycles. The molecule has 4 aromatic rings. The zero-order valence-corrected chi connectivity index (χ0v) is 26.1. The molecular weight excluding hydrogens is 581 g/mol. The number of hydrogen-bond acceptors (Lipinski definition) is 9. The van der Waals surface area contributed by atoms with Crippen molar-refractivity contribution < 1.29 is 32.0 Å². The van der Waals surface area contributed by atoms with E-state index in [9.17, 15) is 4.21 Å². The lowest BCUT2D eigenvalue weighted by Crippen LogP contribution is -2.21. The van der Waals surface area contributed by atoms with E-state index in [-0.39, 0.29) is 6.10 Å². The number of aryl methyl sites for hydroxylation is 1. The SMILES string of the molecule is CC(COc1ccc(Oc2ccccc2)cc1)Oc1ccccn1.COP(=S)(OC)Oc1ccc(S(C)=O)c(C)c1. The molecule has 0 radical (unpaired) electrons. The molecule has 0 saturated heterocycles. The Morgan fingerprint density at radius 1 is 0.854 bits per heavy atom. The maximum atomic E-state index is 11.4. The van der Waals surface area contributed by atoms with E-state index < -0.39 is 17.5 Å². The van der Waals surface area contributed by atoms with Crippen LogP contribution in [0.15, 0.2) is 102 Å². The summed E-state index contributed by atoms with van der Waals surface area (Å²) in [7, 11) is 1.89. The van der Waals surface area contributed by atoms with E-state index >= 15 is 0 Å². The number of hydrogen-bond donors (Lipinski definition) is 0. The van der Waals surface area contributed by atoms with Gasteiger partial charge >= 0.3 is 6.72 Å². The minimum Gasteiger partial charge on any atom is -0.490 e. The second-order valence-electron chi connectivity index (χ2n) is 8.58. The third-order valence-electron chi connectivity index (χ3n) is 5.37. The Kier molecular flexibility index (Phi) is 12.8. The number of aromatic nitrogens is 1. The van der Waals surface area contributed by atoms with Crippen LogP contribution in [0.3, 0.4) is 0 Å². The van der Waals surface area contributed by atoms with Gasteiger partial charge in [0.1, 0.15) is 35.7 Å². The second-order valence-corrected chi connectivity index (χ2v) is 13.1. The fraction of sp³-hybridized carbons (Fsp3) is 0.233. The van der Waals surface area contributed by atoms with E-state index in [2.05, 4.69) is 4.98 Å². The van der Waals surface area contributed by atoms with Crippen molar-refractivity contribution in [2.45, 2.75) is 24.8 Å². The smallest absolute Gasteiger partial charge is 0.380 e. The van der Waals surface area contributed by atoms with Gasteiger partial charge in [0.2, 0.25) is 5.88 Å². The monoisotopic (exact) mass is 615 g/mol. The van der Waals surface area contributed by atoms with Gasteiger partial charge in [0, 0.05) is 49.4 Å². The third-order valence-corrected chi connectivity index (χ3v) is 8.89. The third kappa shape index (κ3) is 10.9. The summed E-state index contributed by atoms with van der Waals surface area (Å²) in [4.78, 5) is 4.91. The van der Waals surface area contributed by atoms with Crippen molar-refractivity contribution in [2.24, 2.45) is 0 Å². The number of ether oxygens (including phenoxy) is 3. The second kappa shape index (κ2) is 16.2. The summed E-state index contributed by atoms with van der Waals surface area (Å²) < 4.78 is 44.1. The maximum absolute atomic E-state index is 11.4. The molecule has 0 saturated carbocycles. The lowest BCUT2D eigenvalue weighted by atomic mass is 10.2. The zero-order valence-electron chi connectivity index (χ0n) is 23.6. The van der Waals surface area contributed by atoms with Crippen LogP contribution in [0, 0.1) is 6.92 Å². The standard InChI is InChI=1S/C20H19NO3.C10H15O4PS2/c1-16(23-20-9-5-6-14-21-20)15-22-17-10-12-19(13-11-17)24-18-7-3-2-4-8-18;1-8-7-9(5-6-10(8)17(4)11)14-15(16,12-2)13-3/h2-14,16H,15H2,1H3;5-7H,1-4H3. The first-order valence-electron chi connectivity index (χ1n) is 12.6. The number of nitrogens with zero attached hydrogens (tertiary/aromatic N) is 1. The van der Waals surface area contributed by atoms with Gasteiger partial charge in [-0.1, -0.05) is 24.3 Å². The van der Waals surface area contributed by atoms with Gasteiger partial charge in [-0.3, -0.25) is 4.21 Å². The predicted molar refractivity (Wildman–Crippen MR) is 165 cm³/mol. The van der Waals surface area contributed by atoms with Crippen LogP contribution in [0.25, 0.3) is 0 Å². The predicted octanol–water partition coefficient (Wildman–Crippen LogP) is 7.35. The highest BCUT2D eigenvalue weighted by molar-refractivity contribution is 8.07. The fourth-order valence-electron chi connectivity index (χ4n) is 3.38. The molecular formula is C30H34NO7PS2. The number of pyridine rings is 1. The van der Waals surface area contributed by atoms with Crippen LogP contribution in [-0.2, 0) is 31.7 Å². The van der Waals surface area contributed by atoms with E-state index in [0.717, 1.165) is 27.7 Å². The van der Waals surface area contributed by atoms with Crippen molar-refractivity contribution in [1.82, 2.24) is 4.98 Å². The topological polar surface area (TPSA) is 85.3 Å². The average molecular weight is 616 g/mol. The maximum Gasteiger partial charge on any atom is 0.380 e. The molecule has 0 spiro atoms. The van der Waals surface area contributed by atoms with Crippen LogP contribution in [-0.4, -0.2) is 42.4 Å². The molecule has 218 valence electrons. The molecule has 4 rings (SSSR count). The van der Waals surface area contributed by atoms with E-state index in [0.29, 0.717) is 18.2 Å². The van der Waals surface area contributed by atoms with Crippen molar-refractivity contribution in [2.75, 3.05) is 27.1 Å². The lowest BCUT2D eigenvalue weighted by molar-refractivity contribution is 0.138. The molecule has 1 heterocycles. The Balaban J connectivity index is 0.000000241. The minimum atomic E-state index is -2.70. The van der Waals surface area contributed by atoms with E-state index in [1.807, 2.05) is 86.6 Å². The normalized spacial score (nSPS) is 12.3. The number of para-hydroxylation sites is 1. The summed E-state index contributed by atoms with van der Waals surface area (Å²) >= 11 is 5.10. The van der Waals surface area contributed by atoms with Gasteiger partial charge in [0.05, 0.1) is 10.8 Å². The quantitative estimate of drug-likeness (QED) is 0.152. The molecule has 0 N–H and O–H groups in total. The van der Waals surface area contributed by atoms with E-state index in [4.69, 9.17) is 39.6 Å². The molecule has 0 amide bonds. The van der Waals surface area contributed by atoms with Crippen LogP contribution in [0.5, 0.6) is 28.9 Å². The van der Waals surface area contributed by atoms with Crippen LogP contribution in [0.2, 0.25) is 0 Å². The molecule has 0 bridgehead atoms. The largest absolute Gasteiger partial charge is 0.490 e. The van der Waals surface area contributed by atoms with Gasteiger partial charge in [-0.15, -0.1) is 0 Å². The van der Waals surface area contributed by atoms with Crippen LogP contribution in [0.1, 0.15) is 12.5 Å². The summed E-state index contributed by atoms with van der Waals surface area (Å²) in [5.41, 5.74) is 0.886. The molecule has 2 unspecified atom stereocenters. The number of rotatable bonds is 12. The summed E-state index contributed by atoms with van der Waals surface area (Å²) in [5.74, 6) is 3.51. The number of benzene rings is 3. The van der Waals surface area contributed by atoms with Crippen molar-refractivity contribution in [3.63, 3.8) is 0 Å². The fourth-order valence-corrected chi connectivity index (χ4v) is 5.08. The van der Waals surface area contributed by atoms with Gasteiger partial charge in [-0.05, 0) is 80.1 Å². The Morgan fingerprint density at radius 2 is 1.46 bits per heavy atom. The molecule has 8 nitrogen and oxygen atoms in total. The molecule has 11 heteroatoms. The van der Waals surface area contributed by atoms with Crippen molar-refractivity contribution in [3.8, 4) is 28.9 Å². The molecule has 2 atom stereocenters. The van der Waals surface area contributed by atoms with Crippen LogP contribution in [0.4, 0.5) is 0 Å². The Hall–Kier alpha value is -3.27. The van der Waals surface area contributed by atoms with Gasteiger partial charge in [-0.25, -0.2) is 4.98 Å². The molecule has 0 aliphatic rings. The van der Waals surface area contributed by atoms with Crippen LogP contribution >= 0.6 is 6.72 Å². The van der Waals surface area contributed by atoms with E-state index in [1.165, 1.54) is 14.2 Å². The van der Waals surface area contributed by atoms with E-state index in [1.54, 1.807) is 30.7 Å². The average Bonchev–Trinajstić information content (AvgIpc) is 2.98. The summed E-state index contributed by atoms with van der Waals surface area (Å²) in [6.07, 6.45) is 3.24. The highest BCUT2D eigenvalue weighted by Crippen LogP contribution is 2.48. The minimum absolute atomic E-state index is 0.0971.